The number of carbonyl (C=O) groups excluding carboxylic acids is 1. The number of fused-ring (bicyclic) bond motifs is 1. The first-order valence-electron chi connectivity index (χ1n) is 13.8. The predicted molar refractivity (Wildman–Crippen MR) is 170 cm³/mol. The number of carbonyl (C=O) groups is 1. The highest BCUT2D eigenvalue weighted by Crippen LogP contribution is 2.46. The molecular weight excluding hydrogens is 609 g/mol. The fourth-order valence-corrected chi connectivity index (χ4v) is 6.36. The second kappa shape index (κ2) is 12.6. The average molecular weight is 629 g/mol. The van der Waals surface area contributed by atoms with Gasteiger partial charge < -0.3 is 0 Å². The van der Waals surface area contributed by atoms with Crippen LogP contribution < -0.4 is 0 Å². The summed E-state index contributed by atoms with van der Waals surface area (Å²) in [6.07, 6.45) is -2.62. The van der Waals surface area contributed by atoms with E-state index < -0.39 is 18.1 Å². The molecule has 222 valence electrons. The highest BCUT2D eigenvalue weighted by atomic mass is 32.2. The van der Waals surface area contributed by atoms with Crippen LogP contribution in [0.1, 0.15) is 33.5 Å². The van der Waals surface area contributed by atoms with Crippen molar-refractivity contribution in [2.75, 3.05) is 0 Å². The van der Waals surface area contributed by atoms with Gasteiger partial charge in [0.2, 0.25) is 0 Å². The summed E-state index contributed by atoms with van der Waals surface area (Å²) in [5, 5.41) is 22.9. The van der Waals surface area contributed by atoms with E-state index in [1.54, 1.807) is 60.7 Å². The van der Waals surface area contributed by atoms with Crippen LogP contribution in [0.4, 0.5) is 13.2 Å². The van der Waals surface area contributed by atoms with Crippen LogP contribution in [0.15, 0.2) is 119 Å². The van der Waals surface area contributed by atoms with E-state index in [4.69, 9.17) is 0 Å². The molecule has 0 bridgehead atoms. The summed E-state index contributed by atoms with van der Waals surface area (Å²) in [5.41, 5.74) is 4.50. The molecular formula is C36H19F3N4O2S. The molecule has 46 heavy (non-hydrogen) atoms. The molecule has 0 radical (unpaired) electrons. The lowest BCUT2D eigenvalue weighted by atomic mass is 9.92. The lowest BCUT2D eigenvalue weighted by Gasteiger charge is -2.15. The molecule has 0 spiro atoms. The van der Waals surface area contributed by atoms with Gasteiger partial charge >= 0.3 is 5.91 Å². The van der Waals surface area contributed by atoms with Crippen molar-refractivity contribution < 1.29 is 18.0 Å². The van der Waals surface area contributed by atoms with Crippen LogP contribution >= 0.6 is 11.9 Å². The minimum Gasteiger partial charge on any atom is -0.279 e. The number of alkyl halides is 2. The normalized spacial score (nSPS) is 10.9. The Kier molecular flexibility index (Phi) is 8.21. The molecule has 6 nitrogen and oxygen atoms in total. The molecule has 6 aromatic rings. The summed E-state index contributed by atoms with van der Waals surface area (Å²) in [5.74, 6) is -1.47. The molecule has 0 N–H and O–H groups in total. The third kappa shape index (κ3) is 5.54. The zero-order valence-electron chi connectivity index (χ0n) is 23.6. The summed E-state index contributed by atoms with van der Waals surface area (Å²) in [6, 6.07) is 33.0. The van der Waals surface area contributed by atoms with Crippen molar-refractivity contribution in [3.8, 4) is 45.6 Å². The highest BCUT2D eigenvalue weighted by Gasteiger charge is 2.24. The van der Waals surface area contributed by atoms with Crippen molar-refractivity contribution in [3.05, 3.63) is 142 Å². The van der Waals surface area contributed by atoms with E-state index in [1.807, 2.05) is 16.1 Å². The van der Waals surface area contributed by atoms with E-state index >= 15 is 0 Å². The molecule has 1 heterocycles. The van der Waals surface area contributed by atoms with Gasteiger partial charge in [-0.15, -0.1) is 4.91 Å². The van der Waals surface area contributed by atoms with Crippen LogP contribution in [0, 0.1) is 33.4 Å². The van der Waals surface area contributed by atoms with Gasteiger partial charge in [0.25, 0.3) is 6.43 Å². The van der Waals surface area contributed by atoms with Crippen molar-refractivity contribution >= 4 is 28.8 Å². The van der Waals surface area contributed by atoms with Gasteiger partial charge in [-0.2, -0.15) is 10.5 Å². The van der Waals surface area contributed by atoms with Gasteiger partial charge in [0.05, 0.1) is 34.5 Å². The molecule has 5 aromatic carbocycles. The molecule has 10 heteroatoms. The second-order valence-corrected chi connectivity index (χ2v) is 11.2. The molecule has 0 saturated heterocycles. The van der Waals surface area contributed by atoms with Gasteiger partial charge in [0.15, 0.2) is 0 Å². The fraction of sp³-hybridized carbons (Fsp3) is 0.0278. The van der Waals surface area contributed by atoms with Crippen molar-refractivity contribution in [1.29, 1.82) is 10.5 Å². The van der Waals surface area contributed by atoms with Crippen molar-refractivity contribution in [3.63, 3.8) is 0 Å². The van der Waals surface area contributed by atoms with Gasteiger partial charge in [-0.25, -0.2) is 13.2 Å². The van der Waals surface area contributed by atoms with E-state index in [0.29, 0.717) is 54.9 Å². The summed E-state index contributed by atoms with van der Waals surface area (Å²) < 4.78 is 43.3. The minimum atomic E-state index is -2.62. The largest absolute Gasteiger partial charge is 0.316 e. The smallest absolute Gasteiger partial charge is 0.279 e. The first-order chi connectivity index (χ1) is 22.3. The number of hydrogen-bond acceptors (Lipinski definition) is 5. The van der Waals surface area contributed by atoms with E-state index in [1.165, 1.54) is 48.3 Å². The second-order valence-electron chi connectivity index (χ2n) is 10.1. The zero-order chi connectivity index (χ0) is 32.4. The number of benzene rings is 5. The molecule has 6 rings (SSSR count). The Labute approximate surface area is 265 Å². The maximum Gasteiger partial charge on any atom is 0.316 e. The number of halogens is 3. The Bertz CT molecular complexity index is 2250. The third-order valence-corrected chi connectivity index (χ3v) is 8.49. The molecule has 0 aliphatic rings. The Morgan fingerprint density at radius 1 is 0.783 bits per heavy atom. The Balaban J connectivity index is 1.63. The molecule has 0 fully saturated rings. The molecule has 0 aliphatic heterocycles. The van der Waals surface area contributed by atoms with Crippen LogP contribution in [0.2, 0.25) is 0 Å². The number of nitriles is 2. The van der Waals surface area contributed by atoms with Crippen molar-refractivity contribution in [2.24, 2.45) is 5.18 Å². The van der Waals surface area contributed by atoms with E-state index in [-0.39, 0.29) is 16.7 Å². The molecule has 1 aromatic heterocycles. The van der Waals surface area contributed by atoms with Crippen molar-refractivity contribution in [2.45, 2.75) is 11.3 Å². The predicted octanol–water partition coefficient (Wildman–Crippen LogP) is 9.92. The topological polar surface area (TPSA) is 99.0 Å². The number of aromatic nitrogens is 1. The van der Waals surface area contributed by atoms with Crippen LogP contribution in [0.5, 0.6) is 0 Å². The summed E-state index contributed by atoms with van der Waals surface area (Å²) in [4.78, 5) is 23.3. The number of hydrogen-bond donors (Lipinski definition) is 0. The summed E-state index contributed by atoms with van der Waals surface area (Å²) >= 11 is 1.25. The van der Waals surface area contributed by atoms with Crippen LogP contribution in [0.25, 0.3) is 44.4 Å². The number of rotatable bonds is 7. The molecule has 0 saturated carbocycles. The van der Waals surface area contributed by atoms with Crippen LogP contribution in [0.3, 0.4) is 0 Å². The standard InChI is InChI=1S/C36H19F3N4O2S/c37-27-11-15-32-31(18-27)33(30-7-2-1-4-25(30)19-40)34(43(32)46-28-12-8-21(9-13-28)35(38)39)23-6-3-5-22(16-23)29-14-10-24(36(44)42-45)17-26(29)20-41/h1-18,35H. The van der Waals surface area contributed by atoms with Gasteiger partial charge in [0, 0.05) is 43.3 Å². The van der Waals surface area contributed by atoms with E-state index in [9.17, 15) is 33.4 Å². The summed E-state index contributed by atoms with van der Waals surface area (Å²) in [6.45, 7) is 0. The Morgan fingerprint density at radius 2 is 1.52 bits per heavy atom. The first kappa shape index (κ1) is 30.1. The average Bonchev–Trinajstić information content (AvgIpc) is 3.40. The maximum atomic E-state index is 14.9. The van der Waals surface area contributed by atoms with Gasteiger partial charge in [-0.3, -0.25) is 8.77 Å². The van der Waals surface area contributed by atoms with Crippen LogP contribution in [-0.2, 0) is 0 Å². The quantitative estimate of drug-likeness (QED) is 0.164. The SMILES string of the molecule is N#Cc1cc(C(=O)N=O)ccc1-c1cccc(-c2c(-c3ccccc3C#N)c3cc(F)ccc3n2Sc2ccc(C(F)F)cc2)c1. The zero-order valence-corrected chi connectivity index (χ0v) is 24.4. The lowest BCUT2D eigenvalue weighted by Crippen LogP contribution is -1.96. The fourth-order valence-electron chi connectivity index (χ4n) is 5.35. The summed E-state index contributed by atoms with van der Waals surface area (Å²) in [7, 11) is 0. The van der Waals surface area contributed by atoms with Crippen LogP contribution in [-0.4, -0.2) is 9.88 Å². The lowest BCUT2D eigenvalue weighted by molar-refractivity contribution is 0.100. The Morgan fingerprint density at radius 3 is 2.24 bits per heavy atom. The molecule has 1 amide bonds. The molecule has 0 unspecified atom stereocenters. The minimum absolute atomic E-state index is 0.0155. The molecule has 0 aliphatic carbocycles. The maximum absolute atomic E-state index is 14.9. The first-order valence-corrected chi connectivity index (χ1v) is 14.5. The number of nitroso groups, excluding NO2 is 1. The number of nitrogens with zero attached hydrogens (tertiary/aromatic N) is 4. The Hall–Kier alpha value is -5.97. The van der Waals surface area contributed by atoms with Crippen molar-refractivity contribution in [1.82, 2.24) is 3.97 Å². The van der Waals surface area contributed by atoms with Gasteiger partial charge in [-0.05, 0) is 77.7 Å². The molecule has 0 atom stereocenters. The monoisotopic (exact) mass is 628 g/mol. The van der Waals surface area contributed by atoms with Gasteiger partial charge in [-0.1, -0.05) is 54.6 Å². The number of amides is 1. The van der Waals surface area contributed by atoms with E-state index in [2.05, 4.69) is 17.3 Å². The van der Waals surface area contributed by atoms with E-state index in [0.717, 1.165) is 0 Å². The highest BCUT2D eigenvalue weighted by molar-refractivity contribution is 7.98. The van der Waals surface area contributed by atoms with Gasteiger partial charge in [0.1, 0.15) is 5.82 Å². The third-order valence-electron chi connectivity index (χ3n) is 7.45.